The number of benzene rings is 2. The van der Waals surface area contributed by atoms with E-state index in [1.165, 1.54) is 16.7 Å². The summed E-state index contributed by atoms with van der Waals surface area (Å²) in [7, 11) is 0. The summed E-state index contributed by atoms with van der Waals surface area (Å²) in [6, 6.07) is 18.4. The van der Waals surface area contributed by atoms with Crippen molar-refractivity contribution in [1.82, 2.24) is 15.5 Å². The standard InChI is InChI=1S/C21H23N3O/c1-3-16-8-10-18(11-9-16)19-14-20(24-23-19)21(25)22-13-12-17-6-4-15(2)5-7-17/h4-11,14H,3,12-13H2,1-2H3,(H,22,25)(H,23,24). The van der Waals surface area contributed by atoms with Crippen LogP contribution in [0.5, 0.6) is 0 Å². The molecule has 0 atom stereocenters. The molecule has 3 aromatic rings. The first-order chi connectivity index (χ1) is 12.2. The predicted molar refractivity (Wildman–Crippen MR) is 101 cm³/mol. The Balaban J connectivity index is 1.57. The van der Waals surface area contributed by atoms with Crippen LogP contribution in [0, 0.1) is 6.92 Å². The van der Waals surface area contributed by atoms with Crippen LogP contribution in [0.1, 0.15) is 34.1 Å². The van der Waals surface area contributed by atoms with Crippen LogP contribution < -0.4 is 5.32 Å². The number of hydrogen-bond donors (Lipinski definition) is 2. The molecule has 128 valence electrons. The van der Waals surface area contributed by atoms with Crippen LogP contribution in [-0.4, -0.2) is 22.6 Å². The number of nitrogens with one attached hydrogen (secondary N) is 2. The summed E-state index contributed by atoms with van der Waals surface area (Å²) in [6.45, 7) is 4.79. The van der Waals surface area contributed by atoms with Gasteiger partial charge in [0.1, 0.15) is 5.69 Å². The van der Waals surface area contributed by atoms with Gasteiger partial charge in [0.2, 0.25) is 0 Å². The van der Waals surface area contributed by atoms with Gasteiger partial charge < -0.3 is 5.32 Å². The SMILES string of the molecule is CCc1ccc(-c2cc(C(=O)NCCc3ccc(C)cc3)[nH]n2)cc1. The second-order valence-corrected chi connectivity index (χ2v) is 6.21. The minimum atomic E-state index is -0.129. The third-order valence-electron chi connectivity index (χ3n) is 4.30. The third-order valence-corrected chi connectivity index (χ3v) is 4.30. The van der Waals surface area contributed by atoms with Gasteiger partial charge in [0.05, 0.1) is 5.69 Å². The van der Waals surface area contributed by atoms with Crippen LogP contribution in [0.4, 0.5) is 0 Å². The normalized spacial score (nSPS) is 10.6. The number of H-pyrrole nitrogens is 1. The van der Waals surface area contributed by atoms with Crippen LogP contribution >= 0.6 is 0 Å². The van der Waals surface area contributed by atoms with E-state index in [1.807, 2.05) is 12.1 Å². The van der Waals surface area contributed by atoms with Crippen molar-refractivity contribution in [2.24, 2.45) is 0 Å². The molecule has 4 nitrogen and oxygen atoms in total. The Morgan fingerprint density at radius 1 is 1.04 bits per heavy atom. The van der Waals surface area contributed by atoms with Gasteiger partial charge in [-0.15, -0.1) is 0 Å². The van der Waals surface area contributed by atoms with Gasteiger partial charge in [-0.3, -0.25) is 9.89 Å². The summed E-state index contributed by atoms with van der Waals surface area (Å²) in [4.78, 5) is 12.3. The molecule has 4 heteroatoms. The number of aromatic nitrogens is 2. The summed E-state index contributed by atoms with van der Waals surface area (Å²) in [5, 5.41) is 10.0. The molecule has 0 aliphatic rings. The highest BCUT2D eigenvalue weighted by molar-refractivity contribution is 5.93. The molecule has 0 aliphatic heterocycles. The van der Waals surface area contributed by atoms with Gasteiger partial charge in [0.25, 0.3) is 5.91 Å². The van der Waals surface area contributed by atoms with E-state index in [1.54, 1.807) is 6.07 Å². The topological polar surface area (TPSA) is 57.8 Å². The molecule has 0 fully saturated rings. The zero-order valence-corrected chi connectivity index (χ0v) is 14.7. The summed E-state index contributed by atoms with van der Waals surface area (Å²) in [6.07, 6.45) is 1.82. The number of carbonyl (C=O) groups excluding carboxylic acids is 1. The summed E-state index contributed by atoms with van der Waals surface area (Å²) in [5.74, 6) is -0.129. The zero-order valence-electron chi connectivity index (χ0n) is 14.7. The van der Waals surface area contributed by atoms with Gasteiger partial charge in [0, 0.05) is 12.1 Å². The number of aromatic amines is 1. The summed E-state index contributed by atoms with van der Waals surface area (Å²) < 4.78 is 0. The highest BCUT2D eigenvalue weighted by Crippen LogP contribution is 2.18. The van der Waals surface area contributed by atoms with Crippen molar-refractivity contribution in [2.45, 2.75) is 26.7 Å². The van der Waals surface area contributed by atoms with Crippen molar-refractivity contribution in [1.29, 1.82) is 0 Å². The predicted octanol–water partition coefficient (Wildman–Crippen LogP) is 3.92. The molecule has 25 heavy (non-hydrogen) atoms. The van der Waals surface area contributed by atoms with Crippen molar-refractivity contribution in [3.05, 3.63) is 77.0 Å². The number of hydrogen-bond acceptors (Lipinski definition) is 2. The molecule has 0 saturated carbocycles. The van der Waals surface area contributed by atoms with E-state index in [0.717, 1.165) is 24.1 Å². The molecular weight excluding hydrogens is 310 g/mol. The number of rotatable bonds is 6. The first kappa shape index (κ1) is 17.0. The fourth-order valence-electron chi connectivity index (χ4n) is 2.67. The molecule has 0 unspecified atom stereocenters. The molecule has 0 saturated heterocycles. The molecule has 2 aromatic carbocycles. The number of aryl methyl sites for hydroxylation is 2. The van der Waals surface area contributed by atoms with Crippen molar-refractivity contribution in [2.75, 3.05) is 6.54 Å². The third kappa shape index (κ3) is 4.35. The molecule has 0 bridgehead atoms. The van der Waals surface area contributed by atoms with E-state index in [2.05, 4.69) is 65.8 Å². The van der Waals surface area contributed by atoms with Gasteiger partial charge in [-0.25, -0.2) is 0 Å². The molecule has 1 aromatic heterocycles. The fourth-order valence-corrected chi connectivity index (χ4v) is 2.67. The molecule has 2 N–H and O–H groups in total. The Kier molecular flexibility index (Phi) is 5.29. The highest BCUT2D eigenvalue weighted by Gasteiger charge is 2.10. The molecule has 1 heterocycles. The Labute approximate surface area is 148 Å². The maximum atomic E-state index is 12.3. The van der Waals surface area contributed by atoms with Crippen molar-refractivity contribution < 1.29 is 4.79 Å². The Bertz CT molecular complexity index is 832. The lowest BCUT2D eigenvalue weighted by Gasteiger charge is -2.04. The molecular formula is C21H23N3O. The van der Waals surface area contributed by atoms with Crippen molar-refractivity contribution in [3.63, 3.8) is 0 Å². The minimum Gasteiger partial charge on any atom is -0.350 e. The van der Waals surface area contributed by atoms with Crippen LogP contribution in [0.3, 0.4) is 0 Å². The average molecular weight is 333 g/mol. The highest BCUT2D eigenvalue weighted by atomic mass is 16.1. The number of carbonyl (C=O) groups is 1. The maximum absolute atomic E-state index is 12.3. The van der Waals surface area contributed by atoms with Gasteiger partial charge in [-0.2, -0.15) is 5.10 Å². The minimum absolute atomic E-state index is 0.129. The van der Waals surface area contributed by atoms with Crippen LogP contribution in [-0.2, 0) is 12.8 Å². The second-order valence-electron chi connectivity index (χ2n) is 6.21. The average Bonchev–Trinajstić information content (AvgIpc) is 3.13. The van der Waals surface area contributed by atoms with Gasteiger partial charge in [-0.05, 0) is 37.0 Å². The fraction of sp³-hybridized carbons (Fsp3) is 0.238. The zero-order chi connectivity index (χ0) is 17.6. The molecule has 1 amide bonds. The van der Waals surface area contributed by atoms with Crippen LogP contribution in [0.2, 0.25) is 0 Å². The molecule has 0 radical (unpaired) electrons. The molecule has 3 rings (SSSR count). The first-order valence-electron chi connectivity index (χ1n) is 8.64. The Morgan fingerprint density at radius 3 is 2.40 bits per heavy atom. The van der Waals surface area contributed by atoms with E-state index in [-0.39, 0.29) is 5.91 Å². The van der Waals surface area contributed by atoms with E-state index < -0.39 is 0 Å². The maximum Gasteiger partial charge on any atom is 0.269 e. The quantitative estimate of drug-likeness (QED) is 0.718. The first-order valence-corrected chi connectivity index (χ1v) is 8.64. The lowest BCUT2D eigenvalue weighted by molar-refractivity contribution is 0.0949. The van der Waals surface area contributed by atoms with Gasteiger partial charge in [0.15, 0.2) is 0 Å². The van der Waals surface area contributed by atoms with Crippen LogP contribution in [0.25, 0.3) is 11.3 Å². The largest absolute Gasteiger partial charge is 0.350 e. The van der Waals surface area contributed by atoms with E-state index in [9.17, 15) is 4.79 Å². The van der Waals surface area contributed by atoms with E-state index >= 15 is 0 Å². The number of nitrogens with zero attached hydrogens (tertiary/aromatic N) is 1. The monoisotopic (exact) mass is 333 g/mol. The van der Waals surface area contributed by atoms with Crippen LogP contribution in [0.15, 0.2) is 54.6 Å². The van der Waals surface area contributed by atoms with Crippen molar-refractivity contribution in [3.8, 4) is 11.3 Å². The summed E-state index contributed by atoms with van der Waals surface area (Å²) >= 11 is 0. The molecule has 0 spiro atoms. The van der Waals surface area contributed by atoms with E-state index in [4.69, 9.17) is 0 Å². The van der Waals surface area contributed by atoms with E-state index in [0.29, 0.717) is 12.2 Å². The Morgan fingerprint density at radius 2 is 1.72 bits per heavy atom. The van der Waals surface area contributed by atoms with Gasteiger partial charge >= 0.3 is 0 Å². The summed E-state index contributed by atoms with van der Waals surface area (Å²) in [5.41, 5.74) is 6.02. The number of amides is 1. The lowest BCUT2D eigenvalue weighted by Crippen LogP contribution is -2.26. The molecule has 0 aliphatic carbocycles. The Hall–Kier alpha value is -2.88. The lowest BCUT2D eigenvalue weighted by atomic mass is 10.1. The smallest absolute Gasteiger partial charge is 0.269 e. The van der Waals surface area contributed by atoms with Crippen molar-refractivity contribution >= 4 is 5.91 Å². The second kappa shape index (κ2) is 7.79. The van der Waals surface area contributed by atoms with Gasteiger partial charge in [-0.1, -0.05) is 61.0 Å².